The maximum absolute atomic E-state index is 12.4. The van der Waals surface area contributed by atoms with Crippen molar-refractivity contribution >= 4 is 20.9 Å². The molecule has 4 nitrogen and oxygen atoms in total. The summed E-state index contributed by atoms with van der Waals surface area (Å²) < 4.78 is 27.6. The van der Waals surface area contributed by atoms with Gasteiger partial charge in [-0.3, -0.25) is 0 Å². The van der Waals surface area contributed by atoms with Gasteiger partial charge in [0.05, 0.1) is 4.90 Å². The highest BCUT2D eigenvalue weighted by atomic mass is 32.2. The van der Waals surface area contributed by atoms with Gasteiger partial charge in [-0.15, -0.1) is 0 Å². The fraction of sp³-hybridized carbons (Fsp3) is 0.222. The second-order valence-corrected chi connectivity index (χ2v) is 7.51. The van der Waals surface area contributed by atoms with Gasteiger partial charge in [0, 0.05) is 23.6 Å². The molecule has 0 aliphatic heterocycles. The van der Waals surface area contributed by atoms with E-state index in [0.717, 1.165) is 27.6 Å². The lowest BCUT2D eigenvalue weighted by Gasteiger charge is -2.09. The molecule has 0 unspecified atom stereocenters. The molecule has 0 saturated heterocycles. The van der Waals surface area contributed by atoms with Crippen LogP contribution in [0.1, 0.15) is 16.7 Å². The summed E-state index contributed by atoms with van der Waals surface area (Å²) in [6.45, 7) is 4.15. The summed E-state index contributed by atoms with van der Waals surface area (Å²) in [5.74, 6) is 0. The van der Waals surface area contributed by atoms with Crippen LogP contribution in [-0.2, 0) is 16.4 Å². The molecule has 0 aliphatic carbocycles. The Kier molecular flexibility index (Phi) is 4.24. The van der Waals surface area contributed by atoms with Gasteiger partial charge in [-0.2, -0.15) is 0 Å². The molecule has 0 saturated carbocycles. The first kappa shape index (κ1) is 15.8. The Labute approximate surface area is 136 Å². The van der Waals surface area contributed by atoms with Crippen LogP contribution in [0, 0.1) is 13.8 Å². The number of hydrogen-bond donors (Lipinski definition) is 2. The van der Waals surface area contributed by atoms with Crippen LogP contribution >= 0.6 is 0 Å². The van der Waals surface area contributed by atoms with Gasteiger partial charge in [0.2, 0.25) is 10.0 Å². The van der Waals surface area contributed by atoms with Crippen LogP contribution in [0.4, 0.5) is 0 Å². The van der Waals surface area contributed by atoms with Crippen LogP contribution in [0.2, 0.25) is 0 Å². The average molecular weight is 328 g/mol. The van der Waals surface area contributed by atoms with E-state index in [1.54, 1.807) is 6.07 Å². The van der Waals surface area contributed by atoms with Gasteiger partial charge in [0.25, 0.3) is 0 Å². The van der Waals surface area contributed by atoms with Gasteiger partial charge >= 0.3 is 0 Å². The molecule has 5 heteroatoms. The van der Waals surface area contributed by atoms with Gasteiger partial charge < -0.3 is 4.98 Å². The van der Waals surface area contributed by atoms with E-state index in [4.69, 9.17) is 0 Å². The number of rotatable bonds is 5. The molecule has 1 aromatic heterocycles. The monoisotopic (exact) mass is 328 g/mol. The highest BCUT2D eigenvalue weighted by Gasteiger charge is 2.16. The fourth-order valence-corrected chi connectivity index (χ4v) is 4.09. The first-order chi connectivity index (χ1) is 11.0. The minimum Gasteiger partial charge on any atom is -0.361 e. The maximum Gasteiger partial charge on any atom is 0.240 e. The Morgan fingerprint density at radius 3 is 2.65 bits per heavy atom. The van der Waals surface area contributed by atoms with Crippen molar-refractivity contribution in [2.24, 2.45) is 0 Å². The van der Waals surface area contributed by atoms with E-state index in [1.807, 2.05) is 56.4 Å². The van der Waals surface area contributed by atoms with Gasteiger partial charge in [0.1, 0.15) is 0 Å². The Morgan fingerprint density at radius 1 is 1.09 bits per heavy atom. The predicted octanol–water partition coefficient (Wildman–Crippen LogP) is 3.31. The van der Waals surface area contributed by atoms with Crippen LogP contribution < -0.4 is 4.72 Å². The molecule has 0 fully saturated rings. The zero-order valence-electron chi connectivity index (χ0n) is 13.3. The summed E-state index contributed by atoms with van der Waals surface area (Å²) in [5, 5.41) is 1.14. The highest BCUT2D eigenvalue weighted by molar-refractivity contribution is 7.89. The van der Waals surface area contributed by atoms with E-state index in [-0.39, 0.29) is 0 Å². The molecule has 0 bridgehead atoms. The molecule has 23 heavy (non-hydrogen) atoms. The molecule has 0 atom stereocenters. The first-order valence-electron chi connectivity index (χ1n) is 7.59. The zero-order valence-corrected chi connectivity index (χ0v) is 14.1. The van der Waals surface area contributed by atoms with Gasteiger partial charge in [0.15, 0.2) is 0 Å². The summed E-state index contributed by atoms with van der Waals surface area (Å²) in [6.07, 6.45) is 2.59. The molecule has 1 heterocycles. The van der Waals surface area contributed by atoms with Crippen LogP contribution in [0.5, 0.6) is 0 Å². The van der Waals surface area contributed by atoms with Crippen LogP contribution in [0.25, 0.3) is 10.9 Å². The summed E-state index contributed by atoms with van der Waals surface area (Å²) in [4.78, 5) is 3.55. The number of aryl methyl sites for hydroxylation is 2. The summed E-state index contributed by atoms with van der Waals surface area (Å²) >= 11 is 0. The van der Waals surface area contributed by atoms with Crippen molar-refractivity contribution in [3.63, 3.8) is 0 Å². The molecule has 0 aliphatic rings. The summed E-state index contributed by atoms with van der Waals surface area (Å²) in [7, 11) is -3.47. The van der Waals surface area contributed by atoms with Crippen molar-refractivity contribution in [1.29, 1.82) is 0 Å². The van der Waals surface area contributed by atoms with Gasteiger partial charge in [-0.1, -0.05) is 35.9 Å². The average Bonchev–Trinajstić information content (AvgIpc) is 2.90. The van der Waals surface area contributed by atoms with Crippen molar-refractivity contribution in [2.45, 2.75) is 25.2 Å². The van der Waals surface area contributed by atoms with E-state index < -0.39 is 10.0 Å². The quantitative estimate of drug-likeness (QED) is 0.755. The molecule has 3 rings (SSSR count). The van der Waals surface area contributed by atoms with Crippen molar-refractivity contribution in [3.8, 4) is 0 Å². The SMILES string of the molecule is Cc1ccc(S(=O)(=O)NCCc2c[nH]c3ccccc23)c(C)c1. The second kappa shape index (κ2) is 6.18. The number of H-pyrrole nitrogens is 1. The molecular formula is C18H20N2O2S. The zero-order chi connectivity index (χ0) is 16.4. The van der Waals surface area contributed by atoms with Crippen molar-refractivity contribution < 1.29 is 8.42 Å². The highest BCUT2D eigenvalue weighted by Crippen LogP contribution is 2.19. The molecule has 0 amide bonds. The minimum atomic E-state index is -3.47. The number of para-hydroxylation sites is 1. The van der Waals surface area contributed by atoms with E-state index >= 15 is 0 Å². The number of aromatic amines is 1. The topological polar surface area (TPSA) is 62.0 Å². The van der Waals surface area contributed by atoms with Crippen LogP contribution in [0.15, 0.2) is 53.6 Å². The lowest BCUT2D eigenvalue weighted by atomic mass is 10.1. The molecule has 0 radical (unpaired) electrons. The standard InChI is InChI=1S/C18H20N2O2S/c1-13-7-8-18(14(2)11-13)23(21,22)20-10-9-15-12-19-17-6-4-3-5-16(15)17/h3-8,11-12,19-20H,9-10H2,1-2H3. The lowest BCUT2D eigenvalue weighted by Crippen LogP contribution is -2.26. The number of benzene rings is 2. The van der Waals surface area contributed by atoms with Crippen LogP contribution in [0.3, 0.4) is 0 Å². The molecule has 3 aromatic rings. The van der Waals surface area contributed by atoms with Crippen molar-refractivity contribution in [2.75, 3.05) is 6.54 Å². The number of nitrogens with one attached hydrogen (secondary N) is 2. The molecule has 120 valence electrons. The molecule has 2 N–H and O–H groups in total. The minimum absolute atomic E-state index is 0.349. The van der Waals surface area contributed by atoms with E-state index in [1.165, 1.54) is 0 Å². The third kappa shape index (κ3) is 3.30. The Morgan fingerprint density at radius 2 is 1.87 bits per heavy atom. The number of aromatic nitrogens is 1. The third-order valence-corrected chi connectivity index (χ3v) is 5.60. The van der Waals surface area contributed by atoms with Crippen molar-refractivity contribution in [1.82, 2.24) is 9.71 Å². The van der Waals surface area contributed by atoms with E-state index in [2.05, 4.69) is 9.71 Å². The lowest BCUT2D eigenvalue weighted by molar-refractivity contribution is 0.581. The smallest absolute Gasteiger partial charge is 0.240 e. The molecular weight excluding hydrogens is 308 g/mol. The van der Waals surface area contributed by atoms with E-state index in [0.29, 0.717) is 17.9 Å². The Balaban J connectivity index is 1.72. The Bertz CT molecular complexity index is 943. The second-order valence-electron chi connectivity index (χ2n) is 5.78. The largest absolute Gasteiger partial charge is 0.361 e. The van der Waals surface area contributed by atoms with Crippen molar-refractivity contribution in [3.05, 3.63) is 65.4 Å². The maximum atomic E-state index is 12.4. The number of fused-ring (bicyclic) bond motifs is 1. The fourth-order valence-electron chi connectivity index (χ4n) is 2.84. The van der Waals surface area contributed by atoms with Gasteiger partial charge in [-0.05, 0) is 43.5 Å². The molecule has 0 spiro atoms. The normalized spacial score (nSPS) is 11.9. The Hall–Kier alpha value is -2.11. The van der Waals surface area contributed by atoms with Crippen LogP contribution in [-0.4, -0.2) is 19.9 Å². The number of hydrogen-bond acceptors (Lipinski definition) is 2. The summed E-state index contributed by atoms with van der Waals surface area (Å²) in [6, 6.07) is 13.4. The summed E-state index contributed by atoms with van der Waals surface area (Å²) in [5.41, 5.74) is 4.01. The molecule has 2 aromatic carbocycles. The number of sulfonamides is 1. The first-order valence-corrected chi connectivity index (χ1v) is 9.07. The van der Waals surface area contributed by atoms with Gasteiger partial charge in [-0.25, -0.2) is 13.1 Å². The van der Waals surface area contributed by atoms with E-state index in [9.17, 15) is 8.42 Å². The third-order valence-electron chi connectivity index (χ3n) is 3.98. The predicted molar refractivity (Wildman–Crippen MR) is 93.1 cm³/mol.